The first-order valence-electron chi connectivity index (χ1n) is 8.60. The highest BCUT2D eigenvalue weighted by Crippen LogP contribution is 2.34. The van der Waals surface area contributed by atoms with Gasteiger partial charge in [-0.2, -0.15) is 13.2 Å². The van der Waals surface area contributed by atoms with Crippen molar-refractivity contribution in [2.75, 3.05) is 0 Å². The van der Waals surface area contributed by atoms with Gasteiger partial charge in [-0.05, 0) is 38.1 Å². The van der Waals surface area contributed by atoms with E-state index < -0.39 is 11.7 Å². The average molecular weight is 383 g/mol. The number of nitrogens with zero attached hydrogens (tertiary/aromatic N) is 3. The van der Waals surface area contributed by atoms with Crippen LogP contribution < -0.4 is 0 Å². The number of aromatic nitrogens is 3. The fourth-order valence-electron chi connectivity index (χ4n) is 3.13. The third-order valence-electron chi connectivity index (χ3n) is 4.52. The molecule has 0 atom stereocenters. The highest BCUT2D eigenvalue weighted by atomic mass is 19.4. The molecule has 0 aliphatic heterocycles. The van der Waals surface area contributed by atoms with Crippen molar-refractivity contribution in [2.45, 2.75) is 20.0 Å². The molecule has 4 nitrogen and oxygen atoms in total. The van der Waals surface area contributed by atoms with Crippen molar-refractivity contribution in [3.8, 4) is 28.2 Å². The smallest absolute Gasteiger partial charge is 0.360 e. The molecule has 2 heterocycles. The van der Waals surface area contributed by atoms with Crippen LogP contribution in [0.15, 0.2) is 65.3 Å². The fourth-order valence-corrected chi connectivity index (χ4v) is 3.13. The lowest BCUT2D eigenvalue weighted by Gasteiger charge is -2.09. The molecule has 0 amide bonds. The Morgan fingerprint density at radius 2 is 1.61 bits per heavy atom. The molecule has 0 saturated heterocycles. The summed E-state index contributed by atoms with van der Waals surface area (Å²) in [5, 5.41) is 4.16. The van der Waals surface area contributed by atoms with Gasteiger partial charge in [0.05, 0.1) is 16.8 Å². The molecule has 2 aromatic heterocycles. The Bertz CT molecular complexity index is 1110. The summed E-state index contributed by atoms with van der Waals surface area (Å²) in [6.45, 7) is 3.60. The third-order valence-corrected chi connectivity index (χ3v) is 4.52. The molecule has 142 valence electrons. The number of aryl methyl sites for hydroxylation is 2. The number of benzene rings is 2. The van der Waals surface area contributed by atoms with Crippen molar-refractivity contribution in [2.24, 2.45) is 0 Å². The number of imidazole rings is 1. The number of alkyl halides is 3. The van der Waals surface area contributed by atoms with Crippen molar-refractivity contribution < 1.29 is 17.7 Å². The summed E-state index contributed by atoms with van der Waals surface area (Å²) >= 11 is 0. The summed E-state index contributed by atoms with van der Waals surface area (Å²) in [6, 6.07) is 14.6. The van der Waals surface area contributed by atoms with Gasteiger partial charge < -0.3 is 9.09 Å². The molecule has 0 spiro atoms. The van der Waals surface area contributed by atoms with Crippen LogP contribution >= 0.6 is 0 Å². The van der Waals surface area contributed by atoms with Crippen LogP contribution in [-0.4, -0.2) is 14.7 Å². The van der Waals surface area contributed by atoms with E-state index >= 15 is 0 Å². The fraction of sp³-hybridized carbons (Fsp3) is 0.143. The van der Waals surface area contributed by atoms with Crippen LogP contribution in [0.1, 0.15) is 17.1 Å². The van der Waals surface area contributed by atoms with E-state index in [1.807, 2.05) is 30.3 Å². The van der Waals surface area contributed by atoms with Gasteiger partial charge in [0.1, 0.15) is 17.3 Å². The van der Waals surface area contributed by atoms with Crippen molar-refractivity contribution in [1.82, 2.24) is 14.7 Å². The molecular formula is C21H16F3N3O. The maximum atomic E-state index is 12.8. The summed E-state index contributed by atoms with van der Waals surface area (Å²) in [4.78, 5) is 4.59. The van der Waals surface area contributed by atoms with Crippen molar-refractivity contribution in [3.63, 3.8) is 0 Å². The zero-order valence-electron chi connectivity index (χ0n) is 15.2. The lowest BCUT2D eigenvalue weighted by molar-refractivity contribution is -0.137. The van der Waals surface area contributed by atoms with E-state index in [9.17, 15) is 13.2 Å². The zero-order valence-corrected chi connectivity index (χ0v) is 15.2. The Balaban J connectivity index is 1.77. The minimum Gasteiger partial charge on any atom is -0.360 e. The zero-order chi connectivity index (χ0) is 19.9. The van der Waals surface area contributed by atoms with Gasteiger partial charge in [0.2, 0.25) is 0 Å². The molecule has 0 N–H and O–H groups in total. The number of halogens is 3. The largest absolute Gasteiger partial charge is 0.416 e. The molecule has 0 bridgehead atoms. The van der Waals surface area contributed by atoms with Gasteiger partial charge in [-0.1, -0.05) is 35.5 Å². The minimum absolute atomic E-state index is 0.597. The van der Waals surface area contributed by atoms with Crippen molar-refractivity contribution >= 4 is 0 Å². The van der Waals surface area contributed by atoms with Crippen LogP contribution in [0, 0.1) is 13.8 Å². The van der Waals surface area contributed by atoms with E-state index in [0.29, 0.717) is 28.7 Å². The monoisotopic (exact) mass is 383 g/mol. The highest BCUT2D eigenvalue weighted by Gasteiger charge is 2.30. The molecule has 0 fully saturated rings. The standard InChI is InChI=1S/C21H16F3N3O/c1-13-19(20(26-28-13)15-6-4-3-5-7-15)18-12-27(14(2)25-18)17-10-8-16(9-11-17)21(22,23)24/h3-12H,1-2H3. The topological polar surface area (TPSA) is 43.9 Å². The van der Waals surface area contributed by atoms with Gasteiger partial charge in [-0.15, -0.1) is 0 Å². The van der Waals surface area contributed by atoms with Gasteiger partial charge in [0, 0.05) is 17.4 Å². The molecule has 0 radical (unpaired) electrons. The summed E-state index contributed by atoms with van der Waals surface area (Å²) in [6.07, 6.45) is -2.58. The predicted molar refractivity (Wildman–Crippen MR) is 99.0 cm³/mol. The lowest BCUT2D eigenvalue weighted by atomic mass is 10.0. The summed E-state index contributed by atoms with van der Waals surface area (Å²) in [5.41, 5.74) is 2.90. The Morgan fingerprint density at radius 3 is 2.25 bits per heavy atom. The first-order chi connectivity index (χ1) is 13.3. The molecule has 4 rings (SSSR count). The molecule has 2 aromatic carbocycles. The molecule has 0 aliphatic carbocycles. The highest BCUT2D eigenvalue weighted by molar-refractivity contribution is 5.80. The molecule has 4 aromatic rings. The van der Waals surface area contributed by atoms with Gasteiger partial charge in [0.15, 0.2) is 0 Å². The lowest BCUT2D eigenvalue weighted by Crippen LogP contribution is -2.05. The Labute approximate surface area is 159 Å². The summed E-state index contributed by atoms with van der Waals surface area (Å²) in [5.74, 6) is 1.27. The SMILES string of the molecule is Cc1onc(-c2ccccc2)c1-c1cn(-c2ccc(C(F)(F)F)cc2)c(C)n1. The number of rotatable bonds is 3. The Hall–Kier alpha value is -3.35. The van der Waals surface area contributed by atoms with E-state index in [0.717, 1.165) is 23.3 Å². The molecule has 28 heavy (non-hydrogen) atoms. The second kappa shape index (κ2) is 6.67. The molecular weight excluding hydrogens is 367 g/mol. The van der Waals surface area contributed by atoms with Crippen LogP contribution in [0.25, 0.3) is 28.2 Å². The molecule has 0 unspecified atom stereocenters. The normalized spacial score (nSPS) is 11.8. The average Bonchev–Trinajstić information content (AvgIpc) is 3.24. The molecule has 0 saturated carbocycles. The second-order valence-corrected chi connectivity index (χ2v) is 6.42. The van der Waals surface area contributed by atoms with Crippen LogP contribution in [0.3, 0.4) is 0 Å². The van der Waals surface area contributed by atoms with Crippen molar-refractivity contribution in [3.05, 3.63) is 77.9 Å². The molecule has 0 aliphatic rings. The van der Waals surface area contributed by atoms with Crippen molar-refractivity contribution in [1.29, 1.82) is 0 Å². The maximum Gasteiger partial charge on any atom is 0.416 e. The van der Waals surface area contributed by atoms with Gasteiger partial charge in [-0.3, -0.25) is 0 Å². The minimum atomic E-state index is -4.36. The first kappa shape index (κ1) is 18.0. The number of hydrogen-bond acceptors (Lipinski definition) is 3. The van der Waals surface area contributed by atoms with Gasteiger partial charge in [-0.25, -0.2) is 4.98 Å². The van der Waals surface area contributed by atoms with Crippen LogP contribution in [0.5, 0.6) is 0 Å². The van der Waals surface area contributed by atoms with Crippen LogP contribution in [-0.2, 0) is 6.18 Å². The second-order valence-electron chi connectivity index (χ2n) is 6.42. The van der Waals surface area contributed by atoms with Crippen LogP contribution in [0.2, 0.25) is 0 Å². The Morgan fingerprint density at radius 1 is 0.929 bits per heavy atom. The summed E-state index contributed by atoms with van der Waals surface area (Å²) < 4.78 is 45.5. The van der Waals surface area contributed by atoms with E-state index in [4.69, 9.17) is 4.52 Å². The van der Waals surface area contributed by atoms with E-state index in [1.165, 1.54) is 12.1 Å². The quantitative estimate of drug-likeness (QED) is 0.447. The Kier molecular flexibility index (Phi) is 4.30. The third kappa shape index (κ3) is 3.19. The van der Waals surface area contributed by atoms with E-state index in [2.05, 4.69) is 10.1 Å². The first-order valence-corrected chi connectivity index (χ1v) is 8.60. The summed E-state index contributed by atoms with van der Waals surface area (Å²) in [7, 11) is 0. The van der Waals surface area contributed by atoms with Gasteiger partial charge in [0.25, 0.3) is 0 Å². The number of hydrogen-bond donors (Lipinski definition) is 0. The predicted octanol–water partition coefficient (Wildman–Crippen LogP) is 5.83. The maximum absolute atomic E-state index is 12.8. The molecule has 7 heteroatoms. The van der Waals surface area contributed by atoms with E-state index in [1.54, 1.807) is 24.6 Å². The van der Waals surface area contributed by atoms with Gasteiger partial charge >= 0.3 is 6.18 Å². The van der Waals surface area contributed by atoms with Crippen LogP contribution in [0.4, 0.5) is 13.2 Å². The van der Waals surface area contributed by atoms with E-state index in [-0.39, 0.29) is 0 Å².